The maximum absolute atomic E-state index is 11.8. The van der Waals surface area contributed by atoms with Crippen molar-refractivity contribution in [2.75, 3.05) is 0 Å². The van der Waals surface area contributed by atoms with Gasteiger partial charge in [-0.1, -0.05) is 18.2 Å². The highest BCUT2D eigenvalue weighted by atomic mass is 16.3. The van der Waals surface area contributed by atoms with Crippen LogP contribution in [0.15, 0.2) is 57.9 Å². The van der Waals surface area contributed by atoms with Crippen LogP contribution in [0.25, 0.3) is 22.2 Å². The fourth-order valence-electron chi connectivity index (χ4n) is 1.78. The molecule has 3 nitrogen and oxygen atoms in total. The summed E-state index contributed by atoms with van der Waals surface area (Å²) in [5.74, 6) is 0.669. The maximum atomic E-state index is 11.8. The van der Waals surface area contributed by atoms with Crippen LogP contribution < -0.4 is 5.56 Å². The standard InChI is InChI=1S/C13H9NO2/c15-13-10-5-2-1-4-9(10)8-11(14-13)12-6-3-7-16-12/h1-8H,(H,14,15). The highest BCUT2D eigenvalue weighted by molar-refractivity contribution is 5.84. The van der Waals surface area contributed by atoms with E-state index >= 15 is 0 Å². The van der Waals surface area contributed by atoms with Crippen molar-refractivity contribution in [2.45, 2.75) is 0 Å². The Morgan fingerprint density at radius 3 is 2.75 bits per heavy atom. The average molecular weight is 211 g/mol. The molecule has 0 aliphatic rings. The molecule has 3 aromatic rings. The van der Waals surface area contributed by atoms with E-state index < -0.39 is 0 Å². The molecule has 0 amide bonds. The van der Waals surface area contributed by atoms with Gasteiger partial charge in [0.05, 0.1) is 12.0 Å². The minimum atomic E-state index is -0.0931. The normalized spacial score (nSPS) is 10.8. The van der Waals surface area contributed by atoms with Gasteiger partial charge in [0.2, 0.25) is 0 Å². The second-order valence-electron chi connectivity index (χ2n) is 3.58. The van der Waals surface area contributed by atoms with Gasteiger partial charge in [-0.3, -0.25) is 4.79 Å². The molecule has 0 aliphatic heterocycles. The quantitative estimate of drug-likeness (QED) is 0.672. The van der Waals surface area contributed by atoms with E-state index in [0.29, 0.717) is 16.8 Å². The monoisotopic (exact) mass is 211 g/mol. The lowest BCUT2D eigenvalue weighted by Gasteiger charge is -2.00. The molecule has 3 heteroatoms. The summed E-state index contributed by atoms with van der Waals surface area (Å²) >= 11 is 0. The van der Waals surface area contributed by atoms with Gasteiger partial charge in [0.1, 0.15) is 5.76 Å². The Kier molecular flexibility index (Phi) is 1.90. The van der Waals surface area contributed by atoms with E-state index in [0.717, 1.165) is 5.39 Å². The molecule has 78 valence electrons. The summed E-state index contributed by atoms with van der Waals surface area (Å²) in [5.41, 5.74) is 0.609. The van der Waals surface area contributed by atoms with E-state index in [1.54, 1.807) is 18.4 Å². The minimum Gasteiger partial charge on any atom is -0.463 e. The Bertz CT molecular complexity index is 680. The van der Waals surface area contributed by atoms with Gasteiger partial charge >= 0.3 is 0 Å². The zero-order valence-electron chi connectivity index (χ0n) is 8.44. The fourth-order valence-corrected chi connectivity index (χ4v) is 1.78. The summed E-state index contributed by atoms with van der Waals surface area (Å²) in [5, 5.41) is 1.61. The van der Waals surface area contributed by atoms with Crippen molar-refractivity contribution in [3.8, 4) is 11.5 Å². The first-order valence-electron chi connectivity index (χ1n) is 5.00. The van der Waals surface area contributed by atoms with E-state index in [-0.39, 0.29) is 5.56 Å². The predicted molar refractivity (Wildman–Crippen MR) is 62.3 cm³/mol. The molecule has 0 saturated carbocycles. The van der Waals surface area contributed by atoms with Crippen LogP contribution in [0.1, 0.15) is 0 Å². The topological polar surface area (TPSA) is 46.0 Å². The molecule has 1 N–H and O–H groups in total. The number of rotatable bonds is 1. The molecule has 1 aromatic carbocycles. The summed E-state index contributed by atoms with van der Waals surface area (Å²) in [7, 11) is 0. The Balaban J connectivity index is 2.34. The number of benzene rings is 1. The zero-order valence-corrected chi connectivity index (χ0v) is 8.44. The lowest BCUT2D eigenvalue weighted by atomic mass is 10.1. The van der Waals surface area contributed by atoms with Crippen LogP contribution in [0.3, 0.4) is 0 Å². The minimum absolute atomic E-state index is 0.0931. The fraction of sp³-hybridized carbons (Fsp3) is 0. The van der Waals surface area contributed by atoms with Crippen molar-refractivity contribution in [1.82, 2.24) is 4.98 Å². The summed E-state index contributed by atoms with van der Waals surface area (Å²) in [4.78, 5) is 14.6. The Labute approximate surface area is 91.3 Å². The highest BCUT2D eigenvalue weighted by Crippen LogP contribution is 2.19. The van der Waals surface area contributed by atoms with Crippen LogP contribution in [0.5, 0.6) is 0 Å². The third kappa shape index (κ3) is 1.34. The molecular weight excluding hydrogens is 202 g/mol. The molecule has 0 aliphatic carbocycles. The molecular formula is C13H9NO2. The Morgan fingerprint density at radius 2 is 1.94 bits per heavy atom. The van der Waals surface area contributed by atoms with Crippen molar-refractivity contribution in [3.63, 3.8) is 0 Å². The van der Waals surface area contributed by atoms with Gasteiger partial charge in [-0.15, -0.1) is 0 Å². The van der Waals surface area contributed by atoms with Crippen LogP contribution in [0.4, 0.5) is 0 Å². The molecule has 0 bridgehead atoms. The largest absolute Gasteiger partial charge is 0.463 e. The van der Waals surface area contributed by atoms with E-state index in [1.165, 1.54) is 0 Å². The zero-order chi connectivity index (χ0) is 11.0. The Hall–Kier alpha value is -2.29. The van der Waals surface area contributed by atoms with Crippen LogP contribution in [-0.4, -0.2) is 4.98 Å². The van der Waals surface area contributed by atoms with E-state index in [2.05, 4.69) is 4.98 Å². The summed E-state index contributed by atoms with van der Waals surface area (Å²) in [6.07, 6.45) is 1.59. The molecule has 0 atom stereocenters. The number of hydrogen-bond donors (Lipinski definition) is 1. The number of hydrogen-bond acceptors (Lipinski definition) is 2. The molecule has 0 saturated heterocycles. The van der Waals surface area contributed by atoms with Crippen molar-refractivity contribution >= 4 is 10.8 Å². The molecule has 3 rings (SSSR count). The van der Waals surface area contributed by atoms with Gasteiger partial charge in [-0.05, 0) is 29.7 Å². The Morgan fingerprint density at radius 1 is 1.06 bits per heavy atom. The number of aromatic amines is 1. The molecule has 2 aromatic heterocycles. The number of aromatic nitrogens is 1. The summed E-state index contributed by atoms with van der Waals surface area (Å²) < 4.78 is 5.25. The summed E-state index contributed by atoms with van der Waals surface area (Å²) in [6.45, 7) is 0. The van der Waals surface area contributed by atoms with Gasteiger partial charge in [-0.25, -0.2) is 0 Å². The van der Waals surface area contributed by atoms with Crippen molar-refractivity contribution in [1.29, 1.82) is 0 Å². The number of nitrogens with one attached hydrogen (secondary N) is 1. The van der Waals surface area contributed by atoms with Crippen molar-refractivity contribution < 1.29 is 4.42 Å². The predicted octanol–water partition coefficient (Wildman–Crippen LogP) is 2.79. The molecule has 0 unspecified atom stereocenters. The van der Waals surface area contributed by atoms with Crippen molar-refractivity contribution in [3.05, 3.63) is 59.1 Å². The van der Waals surface area contributed by atoms with Gasteiger partial charge in [0.25, 0.3) is 5.56 Å². The van der Waals surface area contributed by atoms with Gasteiger partial charge in [-0.2, -0.15) is 0 Å². The highest BCUT2D eigenvalue weighted by Gasteiger charge is 2.04. The third-order valence-electron chi connectivity index (χ3n) is 2.54. The van der Waals surface area contributed by atoms with Gasteiger partial charge in [0.15, 0.2) is 0 Å². The molecule has 0 radical (unpaired) electrons. The number of furan rings is 1. The van der Waals surface area contributed by atoms with Crippen LogP contribution in [0, 0.1) is 0 Å². The molecule has 16 heavy (non-hydrogen) atoms. The molecule has 2 heterocycles. The van der Waals surface area contributed by atoms with Crippen molar-refractivity contribution in [2.24, 2.45) is 0 Å². The third-order valence-corrected chi connectivity index (χ3v) is 2.54. The number of H-pyrrole nitrogens is 1. The summed E-state index contributed by atoms with van der Waals surface area (Å²) in [6, 6.07) is 13.0. The van der Waals surface area contributed by atoms with Crippen LogP contribution in [0.2, 0.25) is 0 Å². The van der Waals surface area contributed by atoms with E-state index in [1.807, 2.05) is 30.3 Å². The first-order chi connectivity index (χ1) is 7.84. The lowest BCUT2D eigenvalue weighted by molar-refractivity contribution is 0.580. The van der Waals surface area contributed by atoms with Gasteiger partial charge in [0, 0.05) is 5.39 Å². The SMILES string of the molecule is O=c1[nH]c(-c2ccco2)cc2ccccc12. The average Bonchev–Trinajstić information content (AvgIpc) is 2.82. The van der Waals surface area contributed by atoms with Gasteiger partial charge < -0.3 is 9.40 Å². The first kappa shape index (κ1) is 8.97. The van der Waals surface area contributed by atoms with Crippen LogP contribution >= 0.6 is 0 Å². The number of pyridine rings is 1. The second kappa shape index (κ2) is 3.38. The van der Waals surface area contributed by atoms with E-state index in [4.69, 9.17) is 4.42 Å². The maximum Gasteiger partial charge on any atom is 0.256 e. The smallest absolute Gasteiger partial charge is 0.256 e. The molecule has 0 spiro atoms. The van der Waals surface area contributed by atoms with Crippen LogP contribution in [-0.2, 0) is 0 Å². The van der Waals surface area contributed by atoms with E-state index in [9.17, 15) is 4.79 Å². The first-order valence-corrected chi connectivity index (χ1v) is 5.00. The second-order valence-corrected chi connectivity index (χ2v) is 3.58. The molecule has 0 fully saturated rings. The lowest BCUT2D eigenvalue weighted by Crippen LogP contribution is -2.06. The number of fused-ring (bicyclic) bond motifs is 1.